The molecule has 30 heavy (non-hydrogen) atoms. The summed E-state index contributed by atoms with van der Waals surface area (Å²) in [5.41, 5.74) is 2.56. The van der Waals surface area contributed by atoms with Crippen LogP contribution in [0.3, 0.4) is 0 Å². The second kappa shape index (κ2) is 8.27. The van der Waals surface area contributed by atoms with Crippen molar-refractivity contribution in [2.45, 2.75) is 31.4 Å². The van der Waals surface area contributed by atoms with E-state index in [0.29, 0.717) is 33.3 Å². The van der Waals surface area contributed by atoms with Crippen LogP contribution in [0.25, 0.3) is 16.6 Å². The van der Waals surface area contributed by atoms with E-state index in [-0.39, 0.29) is 11.3 Å². The quantitative estimate of drug-likeness (QED) is 0.321. The van der Waals surface area contributed by atoms with Gasteiger partial charge in [0.15, 0.2) is 5.16 Å². The maximum absolute atomic E-state index is 13.2. The van der Waals surface area contributed by atoms with Gasteiger partial charge in [-0.05, 0) is 50.2 Å². The van der Waals surface area contributed by atoms with Crippen molar-refractivity contribution in [2.75, 3.05) is 0 Å². The lowest BCUT2D eigenvalue weighted by molar-refractivity contribution is -0.0498. The average Bonchev–Trinajstić information content (AvgIpc) is 3.04. The summed E-state index contributed by atoms with van der Waals surface area (Å²) in [5, 5.41) is 4.90. The third-order valence-corrected chi connectivity index (χ3v) is 5.56. The van der Waals surface area contributed by atoms with Crippen LogP contribution in [0.2, 0.25) is 0 Å². The number of thioether (sulfide) groups is 1. The Bertz CT molecular complexity index is 1230. The van der Waals surface area contributed by atoms with E-state index >= 15 is 0 Å². The Balaban J connectivity index is 1.79. The van der Waals surface area contributed by atoms with Crippen molar-refractivity contribution in [3.63, 3.8) is 0 Å². The van der Waals surface area contributed by atoms with Crippen LogP contribution in [0.5, 0.6) is 5.75 Å². The topological polar surface area (TPSA) is 70.2 Å². The minimum absolute atomic E-state index is 0.0143. The number of halogens is 2. The van der Waals surface area contributed by atoms with E-state index < -0.39 is 6.61 Å². The van der Waals surface area contributed by atoms with E-state index in [1.165, 1.54) is 28.5 Å². The molecular formula is C21H17F2N3O3S. The third kappa shape index (κ3) is 3.93. The Labute approximate surface area is 174 Å². The van der Waals surface area contributed by atoms with Crippen LogP contribution in [-0.4, -0.2) is 21.3 Å². The first-order chi connectivity index (χ1) is 14.4. The molecule has 0 spiro atoms. The van der Waals surface area contributed by atoms with Crippen molar-refractivity contribution in [1.82, 2.24) is 14.7 Å². The lowest BCUT2D eigenvalue weighted by Gasteiger charge is -2.14. The van der Waals surface area contributed by atoms with Crippen molar-refractivity contribution in [3.8, 4) is 11.4 Å². The number of hydrogen-bond acceptors (Lipinski definition) is 6. The monoisotopic (exact) mass is 429 g/mol. The lowest BCUT2D eigenvalue weighted by Crippen LogP contribution is -2.21. The molecule has 0 saturated heterocycles. The first-order valence-corrected chi connectivity index (χ1v) is 10.0. The highest BCUT2D eigenvalue weighted by Crippen LogP contribution is 2.28. The summed E-state index contributed by atoms with van der Waals surface area (Å²) in [5.74, 6) is 1.24. The first kappa shape index (κ1) is 20.1. The van der Waals surface area contributed by atoms with Crippen LogP contribution in [0.4, 0.5) is 8.78 Å². The van der Waals surface area contributed by atoms with Crippen LogP contribution in [-0.2, 0) is 5.75 Å². The van der Waals surface area contributed by atoms with Crippen molar-refractivity contribution < 1.29 is 18.0 Å². The molecule has 0 aliphatic rings. The van der Waals surface area contributed by atoms with Gasteiger partial charge in [0, 0.05) is 11.3 Å². The summed E-state index contributed by atoms with van der Waals surface area (Å²) >= 11 is 1.37. The highest BCUT2D eigenvalue weighted by atomic mass is 32.2. The Morgan fingerprint density at radius 3 is 2.53 bits per heavy atom. The molecule has 6 nitrogen and oxygen atoms in total. The molecule has 2 heterocycles. The predicted octanol–water partition coefficient (Wildman–Crippen LogP) is 4.88. The zero-order chi connectivity index (χ0) is 21.3. The fourth-order valence-corrected chi connectivity index (χ4v) is 4.22. The van der Waals surface area contributed by atoms with Gasteiger partial charge in [-0.2, -0.15) is 8.78 Å². The van der Waals surface area contributed by atoms with Gasteiger partial charge < -0.3 is 9.26 Å². The second-order valence-electron chi connectivity index (χ2n) is 6.52. The third-order valence-electron chi connectivity index (χ3n) is 4.59. The van der Waals surface area contributed by atoms with Gasteiger partial charge in [-0.15, -0.1) is 0 Å². The van der Waals surface area contributed by atoms with Gasteiger partial charge in [-0.1, -0.05) is 29.1 Å². The van der Waals surface area contributed by atoms with Crippen LogP contribution in [0, 0.1) is 13.8 Å². The van der Waals surface area contributed by atoms with Crippen LogP contribution in [0.1, 0.15) is 17.0 Å². The van der Waals surface area contributed by atoms with Gasteiger partial charge in [0.25, 0.3) is 5.56 Å². The van der Waals surface area contributed by atoms with Crippen molar-refractivity contribution in [1.29, 1.82) is 0 Å². The molecule has 154 valence electrons. The molecule has 0 saturated carbocycles. The number of aromatic nitrogens is 3. The minimum Gasteiger partial charge on any atom is -0.435 e. The molecule has 0 fully saturated rings. The number of ether oxygens (including phenoxy) is 1. The molecule has 9 heteroatoms. The molecule has 2 aromatic carbocycles. The lowest BCUT2D eigenvalue weighted by atomic mass is 10.2. The molecular weight excluding hydrogens is 412 g/mol. The number of hydrogen-bond donors (Lipinski definition) is 0. The van der Waals surface area contributed by atoms with Crippen molar-refractivity contribution >= 4 is 22.7 Å². The van der Waals surface area contributed by atoms with Gasteiger partial charge in [-0.3, -0.25) is 9.36 Å². The highest BCUT2D eigenvalue weighted by Gasteiger charge is 2.16. The van der Waals surface area contributed by atoms with Crippen LogP contribution < -0.4 is 10.3 Å². The Morgan fingerprint density at radius 2 is 1.87 bits per heavy atom. The van der Waals surface area contributed by atoms with Crippen molar-refractivity contribution in [2.24, 2.45) is 0 Å². The smallest absolute Gasteiger partial charge is 0.387 e. The molecule has 2 aromatic heterocycles. The van der Waals surface area contributed by atoms with E-state index in [2.05, 4.69) is 14.9 Å². The van der Waals surface area contributed by atoms with E-state index in [0.717, 1.165) is 11.3 Å². The zero-order valence-corrected chi connectivity index (χ0v) is 17.0. The summed E-state index contributed by atoms with van der Waals surface area (Å²) in [6, 6.07) is 13.0. The Hall–Kier alpha value is -3.20. The van der Waals surface area contributed by atoms with E-state index in [1.807, 2.05) is 19.9 Å². The summed E-state index contributed by atoms with van der Waals surface area (Å²) in [6.45, 7) is 0.773. The predicted molar refractivity (Wildman–Crippen MR) is 110 cm³/mol. The number of nitrogens with zero attached hydrogens (tertiary/aromatic N) is 3. The summed E-state index contributed by atoms with van der Waals surface area (Å²) in [6.07, 6.45) is 0. The van der Waals surface area contributed by atoms with Gasteiger partial charge >= 0.3 is 6.61 Å². The molecule has 0 aliphatic carbocycles. The van der Waals surface area contributed by atoms with E-state index in [1.54, 1.807) is 30.3 Å². The van der Waals surface area contributed by atoms with E-state index in [9.17, 15) is 13.6 Å². The minimum atomic E-state index is -2.91. The zero-order valence-electron chi connectivity index (χ0n) is 16.1. The van der Waals surface area contributed by atoms with Crippen LogP contribution >= 0.6 is 11.8 Å². The number of para-hydroxylation sites is 1. The maximum atomic E-state index is 13.2. The van der Waals surface area contributed by atoms with Crippen LogP contribution in [0.15, 0.2) is 63.0 Å². The molecule has 0 N–H and O–H groups in total. The Morgan fingerprint density at radius 1 is 1.13 bits per heavy atom. The number of benzene rings is 2. The molecule has 0 aliphatic heterocycles. The number of fused-ring (bicyclic) bond motifs is 1. The maximum Gasteiger partial charge on any atom is 0.387 e. The fraction of sp³-hybridized carbons (Fsp3) is 0.190. The molecule has 0 radical (unpaired) electrons. The van der Waals surface area contributed by atoms with Crippen molar-refractivity contribution in [3.05, 3.63) is 75.9 Å². The molecule has 0 atom stereocenters. The number of rotatable bonds is 6. The van der Waals surface area contributed by atoms with Gasteiger partial charge in [0.2, 0.25) is 0 Å². The molecule has 0 unspecified atom stereocenters. The number of alkyl halides is 2. The molecule has 0 amide bonds. The SMILES string of the molecule is Cc1noc(C)c1CSc1nc2ccccc2c(=O)n1-c1ccc(OC(F)F)cc1. The molecule has 4 rings (SSSR count). The first-order valence-electron chi connectivity index (χ1n) is 9.05. The number of aryl methyl sites for hydroxylation is 2. The standard InChI is InChI=1S/C21H17F2N3O3S/c1-12-17(13(2)29-25-12)11-30-21-24-18-6-4-3-5-16(18)19(27)26(21)14-7-9-15(10-8-14)28-20(22)23/h3-10,20H,11H2,1-2H3. The molecule has 4 aromatic rings. The van der Waals surface area contributed by atoms with Gasteiger partial charge in [-0.25, -0.2) is 4.98 Å². The fourth-order valence-electron chi connectivity index (χ4n) is 3.06. The molecule has 0 bridgehead atoms. The summed E-state index contributed by atoms with van der Waals surface area (Å²) < 4.78 is 36.0. The second-order valence-corrected chi connectivity index (χ2v) is 7.46. The summed E-state index contributed by atoms with van der Waals surface area (Å²) in [4.78, 5) is 17.9. The van der Waals surface area contributed by atoms with Gasteiger partial charge in [0.05, 0.1) is 22.3 Å². The van der Waals surface area contributed by atoms with E-state index in [4.69, 9.17) is 4.52 Å². The summed E-state index contributed by atoms with van der Waals surface area (Å²) in [7, 11) is 0. The average molecular weight is 429 g/mol. The highest BCUT2D eigenvalue weighted by molar-refractivity contribution is 7.98. The largest absolute Gasteiger partial charge is 0.435 e. The normalized spacial score (nSPS) is 11.4. The van der Waals surface area contributed by atoms with Gasteiger partial charge in [0.1, 0.15) is 11.5 Å². The Kier molecular flexibility index (Phi) is 5.54.